The minimum Gasteiger partial charge on any atom is -0.311 e. The van der Waals surface area contributed by atoms with E-state index in [0.29, 0.717) is 5.92 Å². The maximum Gasteiger partial charge on any atom is 0.0547 e. The Morgan fingerprint density at radius 3 is 2.48 bits per heavy atom. The fraction of sp³-hybridized carbons (Fsp3) is 0.722. The van der Waals surface area contributed by atoms with Crippen LogP contribution in [0.2, 0.25) is 0 Å². The Kier molecular flexibility index (Phi) is 8.55. The smallest absolute Gasteiger partial charge is 0.0547 e. The second-order valence-corrected chi connectivity index (χ2v) is 6.49. The van der Waals surface area contributed by atoms with Crippen molar-refractivity contribution in [1.82, 2.24) is 15.2 Å². The first-order valence-corrected chi connectivity index (χ1v) is 8.43. The van der Waals surface area contributed by atoms with Gasteiger partial charge in [0.1, 0.15) is 0 Å². The molecule has 3 heteroatoms. The van der Waals surface area contributed by atoms with Gasteiger partial charge in [0.05, 0.1) is 11.4 Å². The van der Waals surface area contributed by atoms with Crippen LogP contribution in [0.15, 0.2) is 18.2 Å². The molecule has 0 aliphatic heterocycles. The van der Waals surface area contributed by atoms with Crippen molar-refractivity contribution in [1.29, 1.82) is 0 Å². The van der Waals surface area contributed by atoms with Gasteiger partial charge in [-0.3, -0.25) is 9.88 Å². The highest BCUT2D eigenvalue weighted by Gasteiger charge is 2.09. The maximum atomic E-state index is 4.79. The zero-order valence-electron chi connectivity index (χ0n) is 14.5. The maximum absolute atomic E-state index is 4.79. The lowest BCUT2D eigenvalue weighted by Gasteiger charge is -2.23. The third kappa shape index (κ3) is 7.58. The predicted octanol–water partition coefficient (Wildman–Crippen LogP) is 3.70. The SMILES string of the molecule is CCC(C)CN(CC)Cc1cccc(CNCC(C)C)n1. The van der Waals surface area contributed by atoms with Gasteiger partial charge in [-0.15, -0.1) is 0 Å². The summed E-state index contributed by atoms with van der Waals surface area (Å²) in [6.45, 7) is 16.4. The zero-order valence-corrected chi connectivity index (χ0v) is 14.5. The quantitative estimate of drug-likeness (QED) is 0.712. The number of nitrogens with one attached hydrogen (secondary N) is 1. The molecule has 120 valence electrons. The summed E-state index contributed by atoms with van der Waals surface area (Å²) in [5, 5.41) is 3.46. The lowest BCUT2D eigenvalue weighted by molar-refractivity contribution is 0.235. The van der Waals surface area contributed by atoms with Crippen molar-refractivity contribution in [3.8, 4) is 0 Å². The fourth-order valence-electron chi connectivity index (χ4n) is 2.31. The average molecular weight is 291 g/mol. The Morgan fingerprint density at radius 2 is 1.86 bits per heavy atom. The largest absolute Gasteiger partial charge is 0.311 e. The van der Waals surface area contributed by atoms with E-state index < -0.39 is 0 Å². The first-order chi connectivity index (χ1) is 10.0. The second-order valence-electron chi connectivity index (χ2n) is 6.49. The molecule has 0 bridgehead atoms. The van der Waals surface area contributed by atoms with Crippen molar-refractivity contribution in [2.24, 2.45) is 11.8 Å². The molecule has 1 N–H and O–H groups in total. The Balaban J connectivity index is 2.54. The Labute approximate surface area is 131 Å². The standard InChI is InChI=1S/C18H33N3/c1-6-16(5)13-21(7-2)14-18-10-8-9-17(20-18)12-19-11-15(3)4/h8-10,15-16,19H,6-7,11-14H2,1-5H3. The molecular formula is C18H33N3. The lowest BCUT2D eigenvalue weighted by atomic mass is 10.1. The highest BCUT2D eigenvalue weighted by atomic mass is 15.1. The molecule has 1 aromatic heterocycles. The van der Waals surface area contributed by atoms with E-state index in [1.165, 1.54) is 12.1 Å². The Hall–Kier alpha value is -0.930. The molecule has 1 unspecified atom stereocenters. The van der Waals surface area contributed by atoms with Crippen molar-refractivity contribution in [3.63, 3.8) is 0 Å². The molecule has 0 fully saturated rings. The van der Waals surface area contributed by atoms with Crippen molar-refractivity contribution in [2.75, 3.05) is 19.6 Å². The van der Waals surface area contributed by atoms with Gasteiger partial charge in [-0.1, -0.05) is 47.1 Å². The molecule has 3 nitrogen and oxygen atoms in total. The summed E-state index contributed by atoms with van der Waals surface area (Å²) in [6.07, 6.45) is 1.24. The Morgan fingerprint density at radius 1 is 1.14 bits per heavy atom. The van der Waals surface area contributed by atoms with Crippen LogP contribution in [-0.4, -0.2) is 29.5 Å². The van der Waals surface area contributed by atoms with Crippen LogP contribution in [0, 0.1) is 11.8 Å². The topological polar surface area (TPSA) is 28.2 Å². The number of nitrogens with zero attached hydrogens (tertiary/aromatic N) is 2. The molecule has 0 saturated carbocycles. The van der Waals surface area contributed by atoms with E-state index >= 15 is 0 Å². The summed E-state index contributed by atoms with van der Waals surface area (Å²) >= 11 is 0. The monoisotopic (exact) mass is 291 g/mol. The minimum absolute atomic E-state index is 0.680. The average Bonchev–Trinajstić information content (AvgIpc) is 2.46. The number of aromatic nitrogens is 1. The highest BCUT2D eigenvalue weighted by Crippen LogP contribution is 2.09. The van der Waals surface area contributed by atoms with E-state index in [0.717, 1.165) is 44.3 Å². The second kappa shape index (κ2) is 9.91. The first-order valence-electron chi connectivity index (χ1n) is 8.43. The lowest BCUT2D eigenvalue weighted by Crippen LogP contribution is -2.28. The summed E-state index contributed by atoms with van der Waals surface area (Å²) in [5.74, 6) is 1.43. The van der Waals surface area contributed by atoms with Crippen molar-refractivity contribution in [3.05, 3.63) is 29.6 Å². The fourth-order valence-corrected chi connectivity index (χ4v) is 2.31. The van der Waals surface area contributed by atoms with E-state index in [9.17, 15) is 0 Å². The van der Waals surface area contributed by atoms with Gasteiger partial charge >= 0.3 is 0 Å². The van der Waals surface area contributed by atoms with Crippen LogP contribution in [0.25, 0.3) is 0 Å². The van der Waals surface area contributed by atoms with E-state index in [1.54, 1.807) is 0 Å². The summed E-state index contributed by atoms with van der Waals surface area (Å²) in [7, 11) is 0. The summed E-state index contributed by atoms with van der Waals surface area (Å²) in [5.41, 5.74) is 2.33. The van der Waals surface area contributed by atoms with Gasteiger partial charge in [0.15, 0.2) is 0 Å². The van der Waals surface area contributed by atoms with E-state index in [2.05, 4.69) is 63.0 Å². The number of hydrogen-bond donors (Lipinski definition) is 1. The summed E-state index contributed by atoms with van der Waals surface area (Å²) in [4.78, 5) is 7.27. The van der Waals surface area contributed by atoms with Crippen LogP contribution in [-0.2, 0) is 13.1 Å². The number of pyridine rings is 1. The Bertz CT molecular complexity index is 390. The first kappa shape index (κ1) is 18.1. The molecule has 21 heavy (non-hydrogen) atoms. The molecule has 0 aromatic carbocycles. The molecule has 0 spiro atoms. The molecule has 0 radical (unpaired) electrons. The number of hydrogen-bond acceptors (Lipinski definition) is 3. The molecule has 1 atom stereocenters. The van der Waals surface area contributed by atoms with Gasteiger partial charge in [-0.25, -0.2) is 0 Å². The summed E-state index contributed by atoms with van der Waals surface area (Å²) in [6, 6.07) is 6.39. The molecule has 1 aromatic rings. The van der Waals surface area contributed by atoms with Crippen LogP contribution in [0.1, 0.15) is 52.4 Å². The van der Waals surface area contributed by atoms with Crippen LogP contribution in [0.4, 0.5) is 0 Å². The molecule has 0 aliphatic rings. The van der Waals surface area contributed by atoms with Crippen molar-refractivity contribution >= 4 is 0 Å². The van der Waals surface area contributed by atoms with Gasteiger partial charge in [0.25, 0.3) is 0 Å². The van der Waals surface area contributed by atoms with Crippen LogP contribution in [0.3, 0.4) is 0 Å². The van der Waals surface area contributed by atoms with Gasteiger partial charge < -0.3 is 5.32 Å². The predicted molar refractivity (Wildman–Crippen MR) is 91.2 cm³/mol. The molecular weight excluding hydrogens is 258 g/mol. The summed E-state index contributed by atoms with van der Waals surface area (Å²) < 4.78 is 0. The molecule has 1 heterocycles. The molecule has 1 rings (SSSR count). The third-order valence-corrected chi connectivity index (χ3v) is 3.82. The molecule has 0 aliphatic carbocycles. The number of rotatable bonds is 10. The minimum atomic E-state index is 0.680. The molecule has 0 saturated heterocycles. The normalized spacial score (nSPS) is 13.1. The van der Waals surface area contributed by atoms with Gasteiger partial charge in [0, 0.05) is 19.6 Å². The highest BCUT2D eigenvalue weighted by molar-refractivity contribution is 5.11. The van der Waals surface area contributed by atoms with Gasteiger partial charge in [0.2, 0.25) is 0 Å². The van der Waals surface area contributed by atoms with Crippen LogP contribution in [0.5, 0.6) is 0 Å². The zero-order chi connectivity index (χ0) is 15.7. The van der Waals surface area contributed by atoms with Crippen molar-refractivity contribution in [2.45, 2.75) is 54.1 Å². The van der Waals surface area contributed by atoms with Crippen LogP contribution >= 0.6 is 0 Å². The molecule has 0 amide bonds. The van der Waals surface area contributed by atoms with Gasteiger partial charge in [-0.2, -0.15) is 0 Å². The van der Waals surface area contributed by atoms with E-state index in [4.69, 9.17) is 4.98 Å². The van der Waals surface area contributed by atoms with E-state index in [1.807, 2.05) is 0 Å². The third-order valence-electron chi connectivity index (χ3n) is 3.82. The van der Waals surface area contributed by atoms with Crippen LogP contribution < -0.4 is 5.32 Å². The van der Waals surface area contributed by atoms with Crippen molar-refractivity contribution < 1.29 is 0 Å². The van der Waals surface area contributed by atoms with E-state index in [-0.39, 0.29) is 0 Å². The van der Waals surface area contributed by atoms with Gasteiger partial charge in [-0.05, 0) is 37.1 Å².